The predicted octanol–water partition coefficient (Wildman–Crippen LogP) is 4.29. The van der Waals surface area contributed by atoms with Gasteiger partial charge in [0.25, 0.3) is 0 Å². The van der Waals surface area contributed by atoms with Gasteiger partial charge in [0.05, 0.1) is 29.9 Å². The number of allylic oxidation sites excluding steroid dienone is 4. The minimum atomic E-state index is -2.06. The molecule has 0 bridgehead atoms. The number of hydrogen-bond acceptors (Lipinski definition) is 8. The Balaban J connectivity index is 1.61. The van der Waals surface area contributed by atoms with Crippen molar-refractivity contribution in [2.45, 2.75) is 96.0 Å². The van der Waals surface area contributed by atoms with Crippen molar-refractivity contribution in [1.82, 2.24) is 0 Å². The lowest BCUT2D eigenvalue weighted by atomic mass is 9.44. The van der Waals surface area contributed by atoms with Crippen LogP contribution >= 0.6 is 11.6 Å². The topological polar surface area (TPSA) is 115 Å². The number of esters is 1. The molecule has 5 aliphatic rings. The Bertz CT molecular complexity index is 1190. The smallest absolute Gasteiger partial charge is 0.303 e. The van der Waals surface area contributed by atoms with Crippen LogP contribution in [0.5, 0.6) is 0 Å². The summed E-state index contributed by atoms with van der Waals surface area (Å²) in [4.78, 5) is 25.4. The quantitative estimate of drug-likeness (QED) is 0.375. The Hall–Kier alpha value is -1.99. The number of aliphatic hydroxyl groups excluding tert-OH is 1. The van der Waals surface area contributed by atoms with Gasteiger partial charge in [-0.3, -0.25) is 9.59 Å². The van der Waals surface area contributed by atoms with Crippen LogP contribution in [0.4, 0.5) is 4.39 Å². The number of carbonyl (C=O) groups is 2. The molecule has 0 aromatic carbocycles. The summed E-state index contributed by atoms with van der Waals surface area (Å²) in [5.41, 5.74) is -4.74. The van der Waals surface area contributed by atoms with Crippen molar-refractivity contribution in [3.05, 3.63) is 23.0 Å². The van der Waals surface area contributed by atoms with E-state index in [1.54, 1.807) is 26.8 Å². The van der Waals surface area contributed by atoms with Gasteiger partial charge in [0.15, 0.2) is 18.0 Å². The van der Waals surface area contributed by atoms with E-state index in [0.29, 0.717) is 48.7 Å². The Labute approximate surface area is 233 Å². The Morgan fingerprint density at radius 2 is 2.00 bits per heavy atom. The lowest BCUT2D eigenvalue weighted by molar-refractivity contribution is -0.248. The lowest BCUT2D eigenvalue weighted by Crippen LogP contribution is -2.70. The van der Waals surface area contributed by atoms with Crippen LogP contribution in [0.2, 0.25) is 0 Å². The molecule has 1 heterocycles. The minimum Gasteiger partial charge on any atom is -0.497 e. The lowest BCUT2D eigenvalue weighted by Gasteiger charge is -2.63. The van der Waals surface area contributed by atoms with Gasteiger partial charge in [-0.2, -0.15) is 5.26 Å². The number of ether oxygens (including phenoxy) is 4. The number of alkyl halides is 2. The summed E-state index contributed by atoms with van der Waals surface area (Å²) in [5, 5.41) is 22.0. The molecule has 4 unspecified atom stereocenters. The zero-order valence-corrected chi connectivity index (χ0v) is 23.9. The van der Waals surface area contributed by atoms with Gasteiger partial charge in [0, 0.05) is 35.7 Å². The van der Waals surface area contributed by atoms with Crippen molar-refractivity contribution in [3.63, 3.8) is 0 Å². The second-order valence-electron chi connectivity index (χ2n) is 12.6. The molecule has 39 heavy (non-hydrogen) atoms. The maximum atomic E-state index is 17.8. The third kappa shape index (κ3) is 3.78. The second-order valence-corrected chi connectivity index (χ2v) is 13.0. The molecule has 8 atom stereocenters. The fourth-order valence-corrected chi connectivity index (χ4v) is 8.78. The fourth-order valence-electron chi connectivity index (χ4n) is 8.70. The van der Waals surface area contributed by atoms with E-state index in [9.17, 15) is 20.0 Å². The van der Waals surface area contributed by atoms with Crippen LogP contribution in [0.15, 0.2) is 23.0 Å². The van der Waals surface area contributed by atoms with Crippen LogP contribution in [0.1, 0.15) is 66.7 Å². The molecule has 2 saturated carbocycles. The number of carbonyl (C=O) groups excluding carboxylic acids is 2. The van der Waals surface area contributed by atoms with Crippen LogP contribution < -0.4 is 0 Å². The van der Waals surface area contributed by atoms with Gasteiger partial charge >= 0.3 is 5.97 Å². The molecule has 4 aliphatic carbocycles. The molecule has 1 aliphatic heterocycles. The maximum absolute atomic E-state index is 17.8. The summed E-state index contributed by atoms with van der Waals surface area (Å²) in [6.45, 7) is 8.10. The van der Waals surface area contributed by atoms with Crippen LogP contribution in [0.3, 0.4) is 0 Å². The summed E-state index contributed by atoms with van der Waals surface area (Å²) in [6, 6.07) is 2.31. The Morgan fingerprint density at radius 1 is 1.28 bits per heavy atom. The van der Waals surface area contributed by atoms with E-state index in [0.717, 1.165) is 0 Å². The average molecular weight is 566 g/mol. The molecule has 3 fully saturated rings. The third-order valence-electron chi connectivity index (χ3n) is 10.2. The normalized spacial score (nSPS) is 43.8. The Morgan fingerprint density at radius 3 is 2.64 bits per heavy atom. The standard InChI is InChI=1S/C29H37ClFNO7/c1-16(33)37-15-23(35)29-24(38-25(2,3)39-29)12-20-21-10-17(14-32)19-11-18(36-9-8-30)6-7-26(19,4)28(21,31)22(34)13-27(20,29)5/h11,20-22,24,34H,6-10,12-13,15H2,1-5H3/t20-,21?,22?,24+,26?,27?,28-,29+/m0/s1. The third-order valence-corrected chi connectivity index (χ3v) is 10.4. The molecule has 10 heteroatoms. The van der Waals surface area contributed by atoms with Gasteiger partial charge in [-0.25, -0.2) is 4.39 Å². The molecule has 0 aromatic rings. The van der Waals surface area contributed by atoms with E-state index >= 15 is 4.39 Å². The van der Waals surface area contributed by atoms with Gasteiger partial charge in [-0.05, 0) is 57.1 Å². The monoisotopic (exact) mass is 565 g/mol. The second kappa shape index (κ2) is 9.27. The number of aliphatic hydroxyl groups is 1. The van der Waals surface area contributed by atoms with Crippen LogP contribution in [0, 0.1) is 34.0 Å². The van der Waals surface area contributed by atoms with Crippen LogP contribution in [-0.4, -0.2) is 65.2 Å². The summed E-state index contributed by atoms with van der Waals surface area (Å²) in [5.74, 6) is -2.39. The van der Waals surface area contributed by atoms with E-state index in [2.05, 4.69) is 6.07 Å². The van der Waals surface area contributed by atoms with Crippen LogP contribution in [-0.2, 0) is 28.5 Å². The first-order chi connectivity index (χ1) is 18.2. The molecule has 5 rings (SSSR count). The zero-order chi connectivity index (χ0) is 28.6. The summed E-state index contributed by atoms with van der Waals surface area (Å²) in [6.07, 6.45) is 0.798. The highest BCUT2D eigenvalue weighted by atomic mass is 35.5. The highest BCUT2D eigenvalue weighted by Gasteiger charge is 2.80. The van der Waals surface area contributed by atoms with Gasteiger partial charge in [-0.15, -0.1) is 11.6 Å². The van der Waals surface area contributed by atoms with E-state index in [4.69, 9.17) is 30.5 Å². The van der Waals surface area contributed by atoms with Gasteiger partial charge in [0.1, 0.15) is 12.3 Å². The number of ketones is 1. The molecule has 214 valence electrons. The van der Waals surface area contributed by atoms with E-state index in [1.165, 1.54) is 6.92 Å². The number of fused-ring (bicyclic) bond motifs is 7. The molecule has 0 aromatic heterocycles. The fraction of sp³-hybridized carbons (Fsp3) is 0.759. The summed E-state index contributed by atoms with van der Waals surface area (Å²) < 4.78 is 41.3. The minimum absolute atomic E-state index is 0.0451. The zero-order valence-electron chi connectivity index (χ0n) is 23.1. The first kappa shape index (κ1) is 28.5. The Kier molecular flexibility index (Phi) is 6.78. The molecule has 8 nitrogen and oxygen atoms in total. The largest absolute Gasteiger partial charge is 0.497 e. The van der Waals surface area contributed by atoms with E-state index in [1.807, 2.05) is 6.92 Å². The molecule has 0 amide bonds. The summed E-state index contributed by atoms with van der Waals surface area (Å²) >= 11 is 5.79. The van der Waals surface area contributed by atoms with Crippen molar-refractivity contribution in [2.75, 3.05) is 19.1 Å². The number of Topliss-reactive ketones (excluding diaryl/α,β-unsaturated/α-hetero) is 1. The van der Waals surface area contributed by atoms with Crippen molar-refractivity contribution in [3.8, 4) is 6.07 Å². The summed E-state index contributed by atoms with van der Waals surface area (Å²) in [7, 11) is 0. The highest BCUT2D eigenvalue weighted by molar-refractivity contribution is 6.17. The molecular weight excluding hydrogens is 529 g/mol. The number of nitriles is 1. The van der Waals surface area contributed by atoms with Gasteiger partial charge in [0.2, 0.25) is 5.78 Å². The number of halogens is 2. The molecular formula is C29H37ClFNO7. The van der Waals surface area contributed by atoms with Crippen molar-refractivity contribution < 1.29 is 38.0 Å². The number of nitrogens with zero attached hydrogens (tertiary/aromatic N) is 1. The SMILES string of the molecule is CC(=O)OCC(=O)[C@@]12OC(C)(C)O[C@@H]1C[C@H]1C3CC(C#N)=C4C=C(OCCCl)CCC4(C)[C@@]3(F)C(O)CC12C. The van der Waals surface area contributed by atoms with Crippen LogP contribution in [0.25, 0.3) is 0 Å². The number of rotatable bonds is 6. The van der Waals surface area contributed by atoms with E-state index < -0.39 is 70.3 Å². The molecule has 1 N–H and O–H groups in total. The average Bonchev–Trinajstić information content (AvgIpc) is 3.27. The molecule has 0 spiro atoms. The predicted molar refractivity (Wildman–Crippen MR) is 138 cm³/mol. The van der Waals surface area contributed by atoms with Crippen molar-refractivity contribution >= 4 is 23.4 Å². The highest BCUT2D eigenvalue weighted by Crippen LogP contribution is 2.73. The molecule has 0 radical (unpaired) electrons. The van der Waals surface area contributed by atoms with Crippen molar-refractivity contribution in [2.24, 2.45) is 22.7 Å². The van der Waals surface area contributed by atoms with Crippen molar-refractivity contribution in [1.29, 1.82) is 5.26 Å². The molecule has 1 saturated heterocycles. The van der Waals surface area contributed by atoms with E-state index in [-0.39, 0.29) is 12.8 Å². The van der Waals surface area contributed by atoms with Gasteiger partial charge < -0.3 is 24.1 Å². The maximum Gasteiger partial charge on any atom is 0.303 e. The number of hydrogen-bond donors (Lipinski definition) is 1. The first-order valence-electron chi connectivity index (χ1n) is 13.6. The van der Waals surface area contributed by atoms with Gasteiger partial charge in [-0.1, -0.05) is 13.8 Å². The first-order valence-corrected chi connectivity index (χ1v) is 14.2.